The van der Waals surface area contributed by atoms with Crippen LogP contribution in [0, 0.1) is 18.3 Å². The molecule has 1 fully saturated rings. The molecule has 2 unspecified atom stereocenters. The van der Waals surface area contributed by atoms with Gasteiger partial charge in [-0.25, -0.2) is 0 Å². The summed E-state index contributed by atoms with van der Waals surface area (Å²) in [4.78, 5) is 2.23. The van der Waals surface area contributed by atoms with Crippen LogP contribution in [0.1, 0.15) is 29.9 Å². The zero-order chi connectivity index (χ0) is 15.1. The molecule has 114 valence electrons. The van der Waals surface area contributed by atoms with Gasteiger partial charge in [0.15, 0.2) is 0 Å². The minimum absolute atomic E-state index is 0.225. The lowest BCUT2D eigenvalue weighted by Gasteiger charge is -2.37. The third-order valence-corrected chi connectivity index (χ3v) is 4.10. The molecule has 1 aromatic carbocycles. The number of rotatable bonds is 6. The van der Waals surface area contributed by atoms with Crippen molar-refractivity contribution in [1.29, 1.82) is 5.26 Å². The van der Waals surface area contributed by atoms with Crippen LogP contribution in [-0.4, -0.2) is 48.8 Å². The average molecular weight is 287 g/mol. The van der Waals surface area contributed by atoms with Gasteiger partial charge in [-0.2, -0.15) is 5.26 Å². The second-order valence-corrected chi connectivity index (χ2v) is 5.93. The first-order valence-corrected chi connectivity index (χ1v) is 7.73. The van der Waals surface area contributed by atoms with Crippen LogP contribution in [0.25, 0.3) is 0 Å². The second kappa shape index (κ2) is 8.14. The van der Waals surface area contributed by atoms with Crippen molar-refractivity contribution in [2.24, 2.45) is 0 Å². The highest BCUT2D eigenvalue weighted by Crippen LogP contribution is 2.27. The Morgan fingerprint density at radius 2 is 2.29 bits per heavy atom. The van der Waals surface area contributed by atoms with Gasteiger partial charge in [0, 0.05) is 25.7 Å². The molecule has 0 spiro atoms. The molecule has 1 aliphatic rings. The first kappa shape index (κ1) is 16.0. The summed E-state index contributed by atoms with van der Waals surface area (Å²) in [6.07, 6.45) is 1.88. The van der Waals surface area contributed by atoms with E-state index in [1.165, 1.54) is 11.1 Å². The van der Waals surface area contributed by atoms with E-state index in [9.17, 15) is 0 Å². The number of nitrogens with zero attached hydrogens (tertiary/aromatic N) is 2. The van der Waals surface area contributed by atoms with E-state index >= 15 is 0 Å². The number of nitrogens with one attached hydrogen (secondary N) is 1. The smallest absolute Gasteiger partial charge is 0.0866 e. The molecular formula is C17H25N3O. The zero-order valence-corrected chi connectivity index (χ0v) is 12.8. The maximum absolute atomic E-state index is 8.97. The Morgan fingerprint density at radius 1 is 1.43 bits per heavy atom. The molecule has 0 aromatic heterocycles. The van der Waals surface area contributed by atoms with E-state index in [-0.39, 0.29) is 6.61 Å². The highest BCUT2D eigenvalue weighted by molar-refractivity contribution is 5.26. The van der Waals surface area contributed by atoms with Gasteiger partial charge in [-0.05, 0) is 37.8 Å². The molecule has 0 radical (unpaired) electrons. The highest BCUT2D eigenvalue weighted by atomic mass is 16.3. The first-order chi connectivity index (χ1) is 10.2. The van der Waals surface area contributed by atoms with Gasteiger partial charge in [-0.1, -0.05) is 29.8 Å². The van der Waals surface area contributed by atoms with Gasteiger partial charge in [0.05, 0.1) is 12.6 Å². The summed E-state index contributed by atoms with van der Waals surface area (Å²) < 4.78 is 0. The molecule has 0 bridgehead atoms. The van der Waals surface area contributed by atoms with Gasteiger partial charge in [0.1, 0.15) is 0 Å². The van der Waals surface area contributed by atoms with Crippen LogP contribution < -0.4 is 5.32 Å². The van der Waals surface area contributed by atoms with Crippen LogP contribution in [0.5, 0.6) is 0 Å². The monoisotopic (exact) mass is 287 g/mol. The van der Waals surface area contributed by atoms with Gasteiger partial charge in [-0.3, -0.25) is 4.90 Å². The fourth-order valence-corrected chi connectivity index (χ4v) is 3.12. The van der Waals surface area contributed by atoms with Crippen LogP contribution in [0.15, 0.2) is 24.3 Å². The van der Waals surface area contributed by atoms with E-state index in [0.29, 0.717) is 18.5 Å². The number of likely N-dealkylation sites (tertiary alicyclic amines) is 1. The Labute approximate surface area is 127 Å². The molecule has 4 heteroatoms. The van der Waals surface area contributed by atoms with Crippen LogP contribution in [0.4, 0.5) is 0 Å². The van der Waals surface area contributed by atoms with Gasteiger partial charge < -0.3 is 10.4 Å². The summed E-state index contributed by atoms with van der Waals surface area (Å²) in [7, 11) is 0. The van der Waals surface area contributed by atoms with Gasteiger partial charge in [0.25, 0.3) is 0 Å². The number of aliphatic hydroxyl groups is 1. The maximum Gasteiger partial charge on any atom is 0.0866 e. The second-order valence-electron chi connectivity index (χ2n) is 5.93. The summed E-state index contributed by atoms with van der Waals surface area (Å²) in [6.45, 7) is 5.54. The predicted octanol–water partition coefficient (Wildman–Crippen LogP) is 1.65. The lowest BCUT2D eigenvalue weighted by atomic mass is 9.87. The molecule has 0 saturated carbocycles. The standard InChI is InChI=1S/C17H25N3O/c1-14-4-2-5-15(10-14)16-11-17(19-7-3-9-21)13-20(12-16)8-6-18/h2,4-5,10,16-17,19,21H,3,7-9,11-13H2,1H3. The predicted molar refractivity (Wildman–Crippen MR) is 84.1 cm³/mol. The number of hydrogen-bond acceptors (Lipinski definition) is 4. The van der Waals surface area contributed by atoms with Crippen molar-refractivity contribution in [1.82, 2.24) is 10.2 Å². The summed E-state index contributed by atoms with van der Waals surface area (Å²) in [5, 5.41) is 21.4. The number of aliphatic hydroxyl groups excluding tert-OH is 1. The van der Waals surface area contributed by atoms with Crippen molar-refractivity contribution in [2.45, 2.75) is 31.7 Å². The molecule has 21 heavy (non-hydrogen) atoms. The quantitative estimate of drug-likeness (QED) is 0.617. The molecule has 1 aromatic rings. The fraction of sp³-hybridized carbons (Fsp3) is 0.588. The van der Waals surface area contributed by atoms with Crippen molar-refractivity contribution in [3.8, 4) is 6.07 Å². The van der Waals surface area contributed by atoms with Crippen molar-refractivity contribution in [3.05, 3.63) is 35.4 Å². The molecule has 2 N–H and O–H groups in total. The van der Waals surface area contributed by atoms with Gasteiger partial charge >= 0.3 is 0 Å². The third kappa shape index (κ3) is 4.82. The maximum atomic E-state index is 8.97. The normalized spacial score (nSPS) is 22.9. The fourth-order valence-electron chi connectivity index (χ4n) is 3.12. The summed E-state index contributed by atoms with van der Waals surface area (Å²) in [5.74, 6) is 0.471. The van der Waals surface area contributed by atoms with E-state index in [2.05, 4.69) is 47.5 Å². The molecular weight excluding hydrogens is 262 g/mol. The summed E-state index contributed by atoms with van der Waals surface area (Å²) >= 11 is 0. The van der Waals surface area contributed by atoms with E-state index in [0.717, 1.165) is 32.5 Å². The van der Waals surface area contributed by atoms with Crippen LogP contribution in [-0.2, 0) is 0 Å². The summed E-state index contributed by atoms with van der Waals surface area (Å²) in [6, 6.07) is 11.3. The van der Waals surface area contributed by atoms with Gasteiger partial charge in [-0.15, -0.1) is 0 Å². The molecule has 0 aliphatic carbocycles. The number of hydrogen-bond donors (Lipinski definition) is 2. The largest absolute Gasteiger partial charge is 0.396 e. The first-order valence-electron chi connectivity index (χ1n) is 7.73. The SMILES string of the molecule is Cc1cccc(C2CC(NCCCO)CN(CC#N)C2)c1. The molecule has 4 nitrogen and oxygen atoms in total. The highest BCUT2D eigenvalue weighted by Gasteiger charge is 2.27. The van der Waals surface area contributed by atoms with Crippen molar-refractivity contribution in [2.75, 3.05) is 32.8 Å². The third-order valence-electron chi connectivity index (χ3n) is 4.10. The van der Waals surface area contributed by atoms with E-state index in [1.807, 2.05) is 0 Å². The van der Waals surface area contributed by atoms with E-state index < -0.39 is 0 Å². The molecule has 1 saturated heterocycles. The Kier molecular flexibility index (Phi) is 6.19. The molecule has 1 aliphatic heterocycles. The van der Waals surface area contributed by atoms with Crippen LogP contribution in [0.2, 0.25) is 0 Å². The Bertz CT molecular complexity index is 483. The number of piperidine rings is 1. The molecule has 1 heterocycles. The zero-order valence-electron chi connectivity index (χ0n) is 12.8. The molecule has 2 atom stereocenters. The van der Waals surface area contributed by atoms with E-state index in [1.54, 1.807) is 0 Å². The van der Waals surface area contributed by atoms with Crippen LogP contribution in [0.3, 0.4) is 0 Å². The topological polar surface area (TPSA) is 59.3 Å². The minimum atomic E-state index is 0.225. The van der Waals surface area contributed by atoms with Gasteiger partial charge in [0.2, 0.25) is 0 Å². The Balaban J connectivity index is 2.04. The Hall–Kier alpha value is -1.41. The van der Waals surface area contributed by atoms with Crippen LogP contribution >= 0.6 is 0 Å². The van der Waals surface area contributed by atoms with Crippen molar-refractivity contribution in [3.63, 3.8) is 0 Å². The number of benzene rings is 1. The Morgan fingerprint density at radius 3 is 3.00 bits per heavy atom. The lowest BCUT2D eigenvalue weighted by Crippen LogP contribution is -2.48. The number of aryl methyl sites for hydroxylation is 1. The van der Waals surface area contributed by atoms with Crippen molar-refractivity contribution < 1.29 is 5.11 Å². The van der Waals surface area contributed by atoms with Crippen molar-refractivity contribution >= 4 is 0 Å². The molecule has 0 amide bonds. The molecule has 2 rings (SSSR count). The number of nitriles is 1. The minimum Gasteiger partial charge on any atom is -0.396 e. The average Bonchev–Trinajstić information content (AvgIpc) is 2.48. The summed E-state index contributed by atoms with van der Waals surface area (Å²) in [5.41, 5.74) is 2.65. The van der Waals surface area contributed by atoms with E-state index in [4.69, 9.17) is 10.4 Å². The lowest BCUT2D eigenvalue weighted by molar-refractivity contribution is 0.185.